The number of rotatable bonds is 2. The summed E-state index contributed by atoms with van der Waals surface area (Å²) in [6, 6.07) is 35.1. The van der Waals surface area contributed by atoms with Crippen LogP contribution in [0.3, 0.4) is 0 Å². The lowest BCUT2D eigenvalue weighted by molar-refractivity contribution is 0.669. The number of nitrogens with zero attached hydrogens (tertiary/aromatic N) is 3. The lowest BCUT2D eigenvalue weighted by atomic mass is 10.1. The molecule has 0 unspecified atom stereocenters. The molecule has 7 aromatic rings. The second-order valence-corrected chi connectivity index (χ2v) is 8.38. The lowest BCUT2D eigenvalue weighted by Crippen LogP contribution is -1.94. The minimum atomic E-state index is 0.554. The van der Waals surface area contributed by atoms with Crippen molar-refractivity contribution in [2.24, 2.45) is 0 Å². The molecule has 0 fully saturated rings. The molecule has 0 amide bonds. The third-order valence-electron chi connectivity index (χ3n) is 6.47. The monoisotopic (exact) mass is 435 g/mol. The number of pyridine rings is 1. The third-order valence-corrected chi connectivity index (χ3v) is 6.47. The molecule has 3 aromatic heterocycles. The van der Waals surface area contributed by atoms with Crippen molar-refractivity contribution in [3.8, 4) is 23.0 Å². The minimum absolute atomic E-state index is 0.554. The van der Waals surface area contributed by atoms with Crippen LogP contribution in [0.2, 0.25) is 0 Å². The summed E-state index contributed by atoms with van der Waals surface area (Å²) in [5, 5.41) is 13.8. The molecule has 0 saturated heterocycles. The van der Waals surface area contributed by atoms with Crippen LogP contribution in [0, 0.1) is 11.3 Å². The van der Waals surface area contributed by atoms with Crippen LogP contribution in [0.4, 0.5) is 0 Å². The van der Waals surface area contributed by atoms with E-state index in [9.17, 15) is 0 Å². The highest BCUT2D eigenvalue weighted by atomic mass is 16.3. The van der Waals surface area contributed by atoms with Crippen molar-refractivity contribution >= 4 is 43.7 Å². The van der Waals surface area contributed by atoms with E-state index >= 15 is 0 Å². The van der Waals surface area contributed by atoms with Crippen LogP contribution in [0.5, 0.6) is 0 Å². The Kier molecular flexibility index (Phi) is 3.88. The molecule has 3 heterocycles. The molecule has 0 saturated carbocycles. The molecule has 0 atom stereocenters. The zero-order valence-electron chi connectivity index (χ0n) is 18.1. The maximum atomic E-state index is 9.10. The Morgan fingerprint density at radius 2 is 1.56 bits per heavy atom. The van der Waals surface area contributed by atoms with Crippen molar-refractivity contribution in [2.45, 2.75) is 0 Å². The first kappa shape index (κ1) is 18.7. The zero-order chi connectivity index (χ0) is 22.6. The molecule has 4 nitrogen and oxygen atoms in total. The first-order chi connectivity index (χ1) is 16.8. The van der Waals surface area contributed by atoms with Gasteiger partial charge in [-0.2, -0.15) is 5.26 Å². The molecule has 4 aromatic carbocycles. The van der Waals surface area contributed by atoms with Gasteiger partial charge >= 0.3 is 0 Å². The predicted molar refractivity (Wildman–Crippen MR) is 136 cm³/mol. The second kappa shape index (κ2) is 7.06. The van der Waals surface area contributed by atoms with Crippen LogP contribution >= 0.6 is 0 Å². The van der Waals surface area contributed by atoms with E-state index in [1.165, 1.54) is 10.8 Å². The minimum Gasteiger partial charge on any atom is -0.456 e. The highest BCUT2D eigenvalue weighted by Crippen LogP contribution is 2.41. The van der Waals surface area contributed by atoms with Crippen molar-refractivity contribution < 1.29 is 4.42 Å². The van der Waals surface area contributed by atoms with Crippen molar-refractivity contribution in [3.63, 3.8) is 0 Å². The largest absolute Gasteiger partial charge is 0.456 e. The summed E-state index contributed by atoms with van der Waals surface area (Å²) in [4.78, 5) is 4.49. The van der Waals surface area contributed by atoms with Gasteiger partial charge in [0, 0.05) is 39.0 Å². The average Bonchev–Trinajstić information content (AvgIpc) is 3.44. The van der Waals surface area contributed by atoms with Gasteiger partial charge in [0.2, 0.25) is 0 Å². The number of aromatic nitrogens is 2. The number of para-hydroxylation sites is 2. The van der Waals surface area contributed by atoms with Gasteiger partial charge in [-0.15, -0.1) is 0 Å². The van der Waals surface area contributed by atoms with Gasteiger partial charge in [-0.1, -0.05) is 48.5 Å². The standard InChI is InChI=1S/C30H17N3O/c31-17-19-12-13-24(32-18-19)20-6-5-7-21(16-20)33-25-10-3-1-8-22(25)29-26(33)14-15-28-30(29)23-9-2-4-11-27(23)34-28/h1-16,18H. The number of fused-ring (bicyclic) bond motifs is 7. The molecule has 0 aliphatic carbocycles. The van der Waals surface area contributed by atoms with E-state index in [2.05, 4.69) is 82.4 Å². The third kappa shape index (κ3) is 2.61. The van der Waals surface area contributed by atoms with Gasteiger partial charge in [0.25, 0.3) is 0 Å². The van der Waals surface area contributed by atoms with Gasteiger partial charge in [0.1, 0.15) is 17.2 Å². The van der Waals surface area contributed by atoms with Crippen LogP contribution in [0.15, 0.2) is 108 Å². The molecule has 0 spiro atoms. The fourth-order valence-electron chi connectivity index (χ4n) is 4.99. The molecule has 0 aliphatic rings. The fourth-order valence-corrected chi connectivity index (χ4v) is 4.99. The van der Waals surface area contributed by atoms with Gasteiger partial charge < -0.3 is 8.98 Å². The SMILES string of the molecule is N#Cc1ccc(-c2cccc(-n3c4ccccc4c4c5c(ccc43)oc3ccccc35)c2)nc1. The molecule has 0 bridgehead atoms. The quantitative estimate of drug-likeness (QED) is 0.281. The maximum Gasteiger partial charge on any atom is 0.136 e. The summed E-state index contributed by atoms with van der Waals surface area (Å²) in [7, 11) is 0. The molecule has 0 N–H and O–H groups in total. The van der Waals surface area contributed by atoms with Crippen molar-refractivity contribution in [3.05, 3.63) is 109 Å². The summed E-state index contributed by atoms with van der Waals surface area (Å²) in [6.45, 7) is 0. The number of furan rings is 1. The highest BCUT2D eigenvalue weighted by Gasteiger charge is 2.18. The first-order valence-corrected chi connectivity index (χ1v) is 11.1. The fraction of sp³-hybridized carbons (Fsp3) is 0. The Morgan fingerprint density at radius 1 is 0.706 bits per heavy atom. The summed E-state index contributed by atoms with van der Waals surface area (Å²) >= 11 is 0. The summed E-state index contributed by atoms with van der Waals surface area (Å²) in [5.41, 5.74) is 7.52. The van der Waals surface area contributed by atoms with E-state index in [0.29, 0.717) is 5.56 Å². The molecule has 0 radical (unpaired) electrons. The van der Waals surface area contributed by atoms with Gasteiger partial charge in [-0.05, 0) is 48.5 Å². The number of hydrogen-bond donors (Lipinski definition) is 0. The Bertz CT molecular complexity index is 1920. The van der Waals surface area contributed by atoms with E-state index in [0.717, 1.165) is 49.9 Å². The smallest absolute Gasteiger partial charge is 0.136 e. The van der Waals surface area contributed by atoms with Gasteiger partial charge in [0.15, 0.2) is 0 Å². The normalized spacial score (nSPS) is 11.5. The maximum absolute atomic E-state index is 9.10. The van der Waals surface area contributed by atoms with Gasteiger partial charge in [0.05, 0.1) is 22.3 Å². The molecular weight excluding hydrogens is 418 g/mol. The number of benzene rings is 4. The Morgan fingerprint density at radius 3 is 2.41 bits per heavy atom. The highest BCUT2D eigenvalue weighted by molar-refractivity contribution is 6.27. The van der Waals surface area contributed by atoms with Crippen LogP contribution in [-0.2, 0) is 0 Å². The predicted octanol–water partition coefficient (Wildman–Crippen LogP) is 7.62. The van der Waals surface area contributed by atoms with Gasteiger partial charge in [-0.3, -0.25) is 4.98 Å². The molecule has 7 rings (SSSR count). The van der Waals surface area contributed by atoms with E-state index in [1.54, 1.807) is 12.3 Å². The van der Waals surface area contributed by atoms with Crippen molar-refractivity contribution in [2.75, 3.05) is 0 Å². The summed E-state index contributed by atoms with van der Waals surface area (Å²) in [6.07, 6.45) is 1.61. The van der Waals surface area contributed by atoms with Crippen LogP contribution in [-0.4, -0.2) is 9.55 Å². The Hall–Kier alpha value is -4.88. The van der Waals surface area contributed by atoms with Crippen LogP contribution < -0.4 is 0 Å². The molecule has 34 heavy (non-hydrogen) atoms. The van der Waals surface area contributed by atoms with E-state index in [4.69, 9.17) is 9.68 Å². The van der Waals surface area contributed by atoms with Crippen molar-refractivity contribution in [1.82, 2.24) is 9.55 Å². The van der Waals surface area contributed by atoms with Crippen LogP contribution in [0.25, 0.3) is 60.7 Å². The van der Waals surface area contributed by atoms with Gasteiger partial charge in [-0.25, -0.2) is 0 Å². The van der Waals surface area contributed by atoms with Crippen molar-refractivity contribution in [1.29, 1.82) is 5.26 Å². The molecule has 4 heteroatoms. The van der Waals surface area contributed by atoms with Crippen LogP contribution in [0.1, 0.15) is 5.56 Å². The number of hydrogen-bond acceptors (Lipinski definition) is 3. The lowest BCUT2D eigenvalue weighted by Gasteiger charge is -2.10. The van der Waals surface area contributed by atoms with E-state index < -0.39 is 0 Å². The molecular formula is C30H17N3O. The number of nitriles is 1. The topological polar surface area (TPSA) is 54.8 Å². The Balaban J connectivity index is 1.55. The zero-order valence-corrected chi connectivity index (χ0v) is 18.1. The average molecular weight is 435 g/mol. The van der Waals surface area contributed by atoms with E-state index in [-0.39, 0.29) is 0 Å². The molecule has 158 valence electrons. The summed E-state index contributed by atoms with van der Waals surface area (Å²) in [5.74, 6) is 0. The first-order valence-electron chi connectivity index (χ1n) is 11.1. The summed E-state index contributed by atoms with van der Waals surface area (Å²) < 4.78 is 8.48. The molecule has 0 aliphatic heterocycles. The van der Waals surface area contributed by atoms with E-state index in [1.807, 2.05) is 24.3 Å². The second-order valence-electron chi connectivity index (χ2n) is 8.38. The Labute approximate surface area is 194 Å².